The molecule has 0 heterocycles. The third kappa shape index (κ3) is 4.11. The summed E-state index contributed by atoms with van der Waals surface area (Å²) in [5.74, 6) is 0.630. The fraction of sp³-hybridized carbons (Fsp3) is 0.500. The van der Waals surface area contributed by atoms with Crippen LogP contribution in [-0.2, 0) is 20.3 Å². The molecular weight excluding hydrogens is 314 g/mol. The van der Waals surface area contributed by atoms with E-state index >= 15 is 0 Å². The molecule has 1 fully saturated rings. The Morgan fingerprint density at radius 3 is 2.71 bits per heavy atom. The molecule has 0 spiro atoms. The molecule has 1 aliphatic rings. The van der Waals surface area contributed by atoms with Crippen LogP contribution >= 0.6 is 10.7 Å². The Hall–Kier alpha value is -1.27. The van der Waals surface area contributed by atoms with Crippen molar-refractivity contribution in [3.05, 3.63) is 23.8 Å². The molecule has 116 valence electrons. The standard InChI is InChI=1S/C14H18ClNO4S/c1-3-10-8-11(10)16-14(17)7-9-4-5-12(20-2)13(6-9)21(15,18)19/h4-6,10-11H,3,7-8H2,1-2H3,(H,16,17). The summed E-state index contributed by atoms with van der Waals surface area (Å²) in [5, 5.41) is 2.94. The summed E-state index contributed by atoms with van der Waals surface area (Å²) in [6.45, 7) is 2.10. The summed E-state index contributed by atoms with van der Waals surface area (Å²) in [7, 11) is 2.83. The minimum absolute atomic E-state index is 0.112. The zero-order valence-corrected chi connectivity index (χ0v) is 13.5. The van der Waals surface area contributed by atoms with Gasteiger partial charge in [0.2, 0.25) is 5.91 Å². The first-order chi connectivity index (χ1) is 9.85. The lowest BCUT2D eigenvalue weighted by molar-refractivity contribution is -0.120. The highest BCUT2D eigenvalue weighted by Gasteiger charge is 2.36. The average Bonchev–Trinajstić information content (AvgIpc) is 3.15. The Labute approximate surface area is 129 Å². The van der Waals surface area contributed by atoms with Gasteiger partial charge in [-0.15, -0.1) is 0 Å². The molecular formula is C14H18ClNO4S. The van der Waals surface area contributed by atoms with Crippen LogP contribution < -0.4 is 10.1 Å². The quantitative estimate of drug-likeness (QED) is 0.810. The van der Waals surface area contributed by atoms with Gasteiger partial charge in [0.05, 0.1) is 13.5 Å². The van der Waals surface area contributed by atoms with Crippen molar-refractivity contribution in [2.24, 2.45) is 5.92 Å². The molecule has 1 saturated carbocycles. The monoisotopic (exact) mass is 331 g/mol. The summed E-state index contributed by atoms with van der Waals surface area (Å²) in [6, 6.07) is 4.81. The second kappa shape index (κ2) is 6.23. The molecule has 21 heavy (non-hydrogen) atoms. The molecule has 0 aromatic heterocycles. The van der Waals surface area contributed by atoms with E-state index in [1.165, 1.54) is 19.2 Å². The van der Waals surface area contributed by atoms with Gasteiger partial charge in [-0.1, -0.05) is 19.4 Å². The first-order valence-corrected chi connectivity index (χ1v) is 9.07. The minimum atomic E-state index is -3.91. The van der Waals surface area contributed by atoms with Gasteiger partial charge in [-0.2, -0.15) is 0 Å². The van der Waals surface area contributed by atoms with Crippen LogP contribution in [0.5, 0.6) is 5.75 Å². The Bertz CT molecular complexity index is 644. The highest BCUT2D eigenvalue weighted by molar-refractivity contribution is 8.13. The predicted molar refractivity (Wildman–Crippen MR) is 80.1 cm³/mol. The lowest BCUT2D eigenvalue weighted by Crippen LogP contribution is -2.28. The van der Waals surface area contributed by atoms with Crippen LogP contribution in [0.15, 0.2) is 23.1 Å². The van der Waals surface area contributed by atoms with E-state index in [0.717, 1.165) is 12.8 Å². The fourth-order valence-electron chi connectivity index (χ4n) is 2.34. The van der Waals surface area contributed by atoms with Gasteiger partial charge >= 0.3 is 0 Å². The number of nitrogens with one attached hydrogen (secondary N) is 1. The molecule has 0 bridgehead atoms. The molecule has 1 aromatic rings. The van der Waals surface area contributed by atoms with Gasteiger partial charge in [0, 0.05) is 16.7 Å². The maximum absolute atomic E-state index is 11.9. The second-order valence-corrected chi connectivity index (χ2v) is 7.71. The molecule has 0 aliphatic heterocycles. The molecule has 1 aromatic carbocycles. The van der Waals surface area contributed by atoms with Crippen molar-refractivity contribution in [1.82, 2.24) is 5.32 Å². The van der Waals surface area contributed by atoms with Gasteiger partial charge in [-0.05, 0) is 30.0 Å². The Kier molecular flexibility index (Phi) is 4.78. The van der Waals surface area contributed by atoms with Crippen molar-refractivity contribution in [1.29, 1.82) is 0 Å². The van der Waals surface area contributed by atoms with E-state index in [0.29, 0.717) is 11.5 Å². The lowest BCUT2D eigenvalue weighted by atomic mass is 10.1. The first-order valence-electron chi connectivity index (χ1n) is 6.76. The van der Waals surface area contributed by atoms with E-state index < -0.39 is 9.05 Å². The van der Waals surface area contributed by atoms with Gasteiger partial charge in [0.25, 0.3) is 9.05 Å². The van der Waals surface area contributed by atoms with Crippen LogP contribution in [0.2, 0.25) is 0 Å². The van der Waals surface area contributed by atoms with Crippen molar-refractivity contribution in [2.75, 3.05) is 7.11 Å². The number of hydrogen-bond acceptors (Lipinski definition) is 4. The third-order valence-corrected chi connectivity index (χ3v) is 4.99. The van der Waals surface area contributed by atoms with Crippen LogP contribution in [0.25, 0.3) is 0 Å². The van der Waals surface area contributed by atoms with E-state index in [9.17, 15) is 13.2 Å². The summed E-state index contributed by atoms with van der Waals surface area (Å²) in [5.41, 5.74) is 0.584. The minimum Gasteiger partial charge on any atom is -0.495 e. The maximum atomic E-state index is 11.9. The summed E-state index contributed by atoms with van der Waals surface area (Å²) < 4.78 is 28.0. The van der Waals surface area contributed by atoms with E-state index in [4.69, 9.17) is 15.4 Å². The smallest absolute Gasteiger partial charge is 0.264 e. The van der Waals surface area contributed by atoms with E-state index in [1.807, 2.05) is 0 Å². The van der Waals surface area contributed by atoms with Crippen molar-refractivity contribution in [3.8, 4) is 5.75 Å². The molecule has 2 unspecified atom stereocenters. The normalized spacial score (nSPS) is 20.9. The predicted octanol–water partition coefficient (Wildman–Crippen LogP) is 2.08. The third-order valence-electron chi connectivity index (χ3n) is 3.65. The number of ether oxygens (including phenoxy) is 1. The van der Waals surface area contributed by atoms with Crippen molar-refractivity contribution < 1.29 is 17.9 Å². The first kappa shape index (κ1) is 16.1. The van der Waals surface area contributed by atoms with Crippen molar-refractivity contribution in [2.45, 2.75) is 37.1 Å². The number of benzene rings is 1. The highest BCUT2D eigenvalue weighted by Crippen LogP contribution is 2.33. The Balaban J connectivity index is 2.09. The zero-order chi connectivity index (χ0) is 15.6. The summed E-state index contributed by atoms with van der Waals surface area (Å²) in [6.07, 6.45) is 2.20. The number of halogens is 1. The largest absolute Gasteiger partial charge is 0.495 e. The highest BCUT2D eigenvalue weighted by atomic mass is 35.7. The van der Waals surface area contributed by atoms with Gasteiger partial charge in [0.15, 0.2) is 0 Å². The Morgan fingerprint density at radius 1 is 1.48 bits per heavy atom. The molecule has 2 atom stereocenters. The van der Waals surface area contributed by atoms with Crippen LogP contribution in [0, 0.1) is 5.92 Å². The SMILES string of the molecule is CCC1CC1NC(=O)Cc1ccc(OC)c(S(=O)(=O)Cl)c1. The Morgan fingerprint density at radius 2 is 2.19 bits per heavy atom. The molecule has 0 radical (unpaired) electrons. The van der Waals surface area contributed by atoms with Crippen LogP contribution in [0.3, 0.4) is 0 Å². The number of rotatable bonds is 6. The summed E-state index contributed by atoms with van der Waals surface area (Å²) >= 11 is 0. The second-order valence-electron chi connectivity index (χ2n) is 5.18. The van der Waals surface area contributed by atoms with Gasteiger partial charge in [0.1, 0.15) is 10.6 Å². The van der Waals surface area contributed by atoms with Crippen LogP contribution in [0.4, 0.5) is 0 Å². The lowest BCUT2D eigenvalue weighted by Gasteiger charge is -2.09. The number of carbonyl (C=O) groups is 1. The zero-order valence-electron chi connectivity index (χ0n) is 11.9. The average molecular weight is 332 g/mol. The van der Waals surface area contributed by atoms with E-state index in [-0.39, 0.29) is 29.0 Å². The molecule has 1 N–H and O–H groups in total. The van der Waals surface area contributed by atoms with E-state index in [2.05, 4.69) is 12.2 Å². The number of methoxy groups -OCH3 is 1. The molecule has 2 rings (SSSR count). The molecule has 1 aliphatic carbocycles. The van der Waals surface area contributed by atoms with Crippen LogP contribution in [-0.4, -0.2) is 27.5 Å². The summed E-state index contributed by atoms with van der Waals surface area (Å²) in [4.78, 5) is 11.8. The number of amides is 1. The van der Waals surface area contributed by atoms with Gasteiger partial charge in [-0.3, -0.25) is 4.79 Å². The van der Waals surface area contributed by atoms with E-state index in [1.54, 1.807) is 6.07 Å². The van der Waals surface area contributed by atoms with Gasteiger partial charge < -0.3 is 10.1 Å². The maximum Gasteiger partial charge on any atom is 0.264 e. The van der Waals surface area contributed by atoms with Gasteiger partial charge in [-0.25, -0.2) is 8.42 Å². The fourth-order valence-corrected chi connectivity index (χ4v) is 3.39. The number of carbonyl (C=O) groups excluding carboxylic acids is 1. The van der Waals surface area contributed by atoms with Crippen LogP contribution in [0.1, 0.15) is 25.3 Å². The van der Waals surface area contributed by atoms with Crippen molar-refractivity contribution >= 4 is 25.6 Å². The molecule has 7 heteroatoms. The number of hydrogen-bond donors (Lipinski definition) is 1. The molecule has 0 saturated heterocycles. The molecule has 5 nitrogen and oxygen atoms in total. The topological polar surface area (TPSA) is 72.5 Å². The molecule has 1 amide bonds. The van der Waals surface area contributed by atoms with Crippen molar-refractivity contribution in [3.63, 3.8) is 0 Å².